The molecular formula is C20H25N7O6. The zero-order valence-electron chi connectivity index (χ0n) is 17.8. The molecule has 0 aliphatic carbocycles. The number of nitrogen functional groups attached to an aromatic ring is 1. The number of aromatic amines is 1. The number of carbonyl (C=O) groups is 3. The van der Waals surface area contributed by atoms with Gasteiger partial charge < -0.3 is 36.8 Å². The van der Waals surface area contributed by atoms with Gasteiger partial charge in [0.05, 0.1) is 6.04 Å². The van der Waals surface area contributed by atoms with E-state index in [9.17, 15) is 24.3 Å². The van der Waals surface area contributed by atoms with Crippen LogP contribution in [-0.4, -0.2) is 70.2 Å². The van der Waals surface area contributed by atoms with Crippen LogP contribution in [0.25, 0.3) is 0 Å². The highest BCUT2D eigenvalue weighted by molar-refractivity contribution is 5.97. The van der Waals surface area contributed by atoms with Crippen LogP contribution in [0.1, 0.15) is 23.2 Å². The minimum atomic E-state index is -1.30. The molecule has 1 aliphatic rings. The first-order valence-electron chi connectivity index (χ1n) is 10.1. The van der Waals surface area contributed by atoms with Crippen LogP contribution in [0.4, 0.5) is 23.1 Å². The molecule has 2 heterocycles. The van der Waals surface area contributed by atoms with Gasteiger partial charge in [0.15, 0.2) is 5.82 Å². The van der Waals surface area contributed by atoms with Gasteiger partial charge in [-0.25, -0.2) is 4.79 Å². The first-order valence-corrected chi connectivity index (χ1v) is 10.1. The predicted octanol–water partition coefficient (Wildman–Crippen LogP) is -0.258. The molecule has 1 aromatic heterocycles. The third kappa shape index (κ3) is 5.90. The SMILES string of the molecule is CN(CC1CNc2nc(N)[nH]c(=O)c2N1)c1ccc(C(=O)N[C@@H](CCC(=O)O)C(=O)O)cc1. The zero-order valence-corrected chi connectivity index (χ0v) is 17.8. The number of carbonyl (C=O) groups excluding carboxylic acids is 1. The van der Waals surface area contributed by atoms with Gasteiger partial charge in [0.2, 0.25) is 5.95 Å². The third-order valence-electron chi connectivity index (χ3n) is 5.12. The van der Waals surface area contributed by atoms with Crippen LogP contribution in [-0.2, 0) is 9.59 Å². The van der Waals surface area contributed by atoms with E-state index in [4.69, 9.17) is 10.8 Å². The molecule has 2 aromatic rings. The summed E-state index contributed by atoms with van der Waals surface area (Å²) >= 11 is 0. The average molecular weight is 459 g/mol. The van der Waals surface area contributed by atoms with Gasteiger partial charge in [-0.15, -0.1) is 0 Å². The van der Waals surface area contributed by atoms with E-state index in [0.717, 1.165) is 5.69 Å². The van der Waals surface area contributed by atoms with Crippen molar-refractivity contribution in [3.05, 3.63) is 40.2 Å². The van der Waals surface area contributed by atoms with Gasteiger partial charge in [-0.3, -0.25) is 19.4 Å². The Labute approximate surface area is 188 Å². The van der Waals surface area contributed by atoms with Gasteiger partial charge in [-0.1, -0.05) is 0 Å². The number of carboxylic acids is 2. The Bertz CT molecular complexity index is 1100. The number of aromatic nitrogens is 2. The highest BCUT2D eigenvalue weighted by atomic mass is 16.4. The maximum absolute atomic E-state index is 12.4. The van der Waals surface area contributed by atoms with Gasteiger partial charge in [0, 0.05) is 37.8 Å². The second-order valence-corrected chi connectivity index (χ2v) is 7.62. The van der Waals surface area contributed by atoms with E-state index in [1.165, 1.54) is 0 Å². The maximum Gasteiger partial charge on any atom is 0.326 e. The zero-order chi connectivity index (χ0) is 24.1. The Balaban J connectivity index is 1.60. The molecule has 0 saturated heterocycles. The van der Waals surface area contributed by atoms with Gasteiger partial charge in [0.25, 0.3) is 11.5 Å². The average Bonchev–Trinajstić information content (AvgIpc) is 2.76. The number of rotatable bonds is 9. The Morgan fingerprint density at radius 3 is 2.61 bits per heavy atom. The molecule has 13 heteroatoms. The number of benzene rings is 1. The molecule has 0 bridgehead atoms. The quantitative estimate of drug-likeness (QED) is 0.260. The van der Waals surface area contributed by atoms with Crippen LogP contribution < -0.4 is 32.1 Å². The third-order valence-corrected chi connectivity index (χ3v) is 5.12. The van der Waals surface area contributed by atoms with Gasteiger partial charge in [0.1, 0.15) is 11.7 Å². The number of carboxylic acid groups (broad SMARTS) is 2. The number of amides is 1. The minimum absolute atomic E-state index is 0.0318. The highest BCUT2D eigenvalue weighted by Gasteiger charge is 2.24. The van der Waals surface area contributed by atoms with Crippen molar-refractivity contribution in [2.24, 2.45) is 0 Å². The molecule has 3 rings (SSSR count). The van der Waals surface area contributed by atoms with Crippen LogP contribution in [0.2, 0.25) is 0 Å². The molecule has 1 amide bonds. The fraction of sp³-hybridized carbons (Fsp3) is 0.350. The molecule has 13 nitrogen and oxygen atoms in total. The van der Waals surface area contributed by atoms with Crippen LogP contribution >= 0.6 is 0 Å². The molecule has 0 saturated carbocycles. The molecule has 33 heavy (non-hydrogen) atoms. The Hall–Kier alpha value is -4.29. The van der Waals surface area contributed by atoms with Crippen LogP contribution in [0, 0.1) is 0 Å². The first kappa shape index (κ1) is 23.4. The van der Waals surface area contributed by atoms with Crippen molar-refractivity contribution in [2.75, 3.05) is 41.4 Å². The standard InChI is InChI=1S/C20H25N7O6/c1-27(9-11-8-22-16-15(23-11)18(31)26-20(21)25-16)12-4-2-10(3-5-12)17(30)24-13(19(32)33)6-7-14(28)29/h2-5,11,13,23H,6-9H2,1H3,(H,24,30)(H,28,29)(H,32,33)(H4,21,22,25,26,31)/t11?,13-/m0/s1. The van der Waals surface area contributed by atoms with Crippen molar-refractivity contribution in [3.63, 3.8) is 0 Å². The smallest absolute Gasteiger partial charge is 0.326 e. The Kier molecular flexibility index (Phi) is 7.00. The fourth-order valence-corrected chi connectivity index (χ4v) is 3.41. The molecule has 8 N–H and O–H groups in total. The van der Waals surface area contributed by atoms with E-state index in [-0.39, 0.29) is 36.0 Å². The van der Waals surface area contributed by atoms with Gasteiger partial charge >= 0.3 is 11.9 Å². The maximum atomic E-state index is 12.4. The van der Waals surface area contributed by atoms with Crippen molar-refractivity contribution in [2.45, 2.75) is 24.9 Å². The first-order chi connectivity index (χ1) is 15.6. The Morgan fingerprint density at radius 2 is 1.97 bits per heavy atom. The topological polar surface area (TPSA) is 203 Å². The molecule has 1 unspecified atom stereocenters. The number of likely N-dealkylation sites (N-methyl/N-ethyl adjacent to an activating group) is 1. The van der Waals surface area contributed by atoms with Crippen molar-refractivity contribution in [1.82, 2.24) is 15.3 Å². The number of H-pyrrole nitrogens is 1. The number of nitrogens with one attached hydrogen (secondary N) is 4. The van der Waals surface area contributed by atoms with Crippen molar-refractivity contribution < 1.29 is 24.6 Å². The minimum Gasteiger partial charge on any atom is -0.481 e. The summed E-state index contributed by atoms with van der Waals surface area (Å²) in [6.45, 7) is 1.04. The second-order valence-electron chi connectivity index (χ2n) is 7.62. The lowest BCUT2D eigenvalue weighted by molar-refractivity contribution is -0.140. The molecule has 1 aliphatic heterocycles. The number of hydrogen-bond donors (Lipinski definition) is 7. The molecule has 176 valence electrons. The number of anilines is 4. The molecule has 0 fully saturated rings. The number of hydrogen-bond acceptors (Lipinski definition) is 9. The largest absolute Gasteiger partial charge is 0.481 e. The molecule has 0 radical (unpaired) electrons. The van der Waals surface area contributed by atoms with Crippen molar-refractivity contribution in [1.29, 1.82) is 0 Å². The van der Waals surface area contributed by atoms with Crippen molar-refractivity contribution >= 4 is 41.0 Å². The highest BCUT2D eigenvalue weighted by Crippen LogP contribution is 2.21. The summed E-state index contributed by atoms with van der Waals surface area (Å²) in [5, 5.41) is 26.5. The van der Waals surface area contributed by atoms with Crippen LogP contribution in [0.5, 0.6) is 0 Å². The van der Waals surface area contributed by atoms with Crippen LogP contribution in [0.3, 0.4) is 0 Å². The summed E-state index contributed by atoms with van der Waals surface area (Å²) < 4.78 is 0. The van der Waals surface area contributed by atoms with E-state index < -0.39 is 23.9 Å². The summed E-state index contributed by atoms with van der Waals surface area (Å²) in [6.07, 6.45) is -0.585. The van der Waals surface area contributed by atoms with E-state index in [1.54, 1.807) is 24.3 Å². The number of nitrogens with two attached hydrogens (primary N) is 1. The molecule has 1 aromatic carbocycles. The summed E-state index contributed by atoms with van der Waals surface area (Å²) in [7, 11) is 1.85. The fourth-order valence-electron chi connectivity index (χ4n) is 3.41. The molecular weight excluding hydrogens is 434 g/mol. The van der Waals surface area contributed by atoms with E-state index in [0.29, 0.717) is 24.6 Å². The summed E-state index contributed by atoms with van der Waals surface area (Å²) in [6, 6.07) is 5.12. The van der Waals surface area contributed by atoms with Gasteiger partial charge in [-0.05, 0) is 30.7 Å². The summed E-state index contributed by atoms with van der Waals surface area (Å²) in [4.78, 5) is 54.8. The van der Waals surface area contributed by atoms with Crippen molar-refractivity contribution in [3.8, 4) is 0 Å². The number of fused-ring (bicyclic) bond motifs is 1. The van der Waals surface area contributed by atoms with Crippen LogP contribution in [0.15, 0.2) is 29.1 Å². The molecule has 0 spiro atoms. The van der Waals surface area contributed by atoms with E-state index in [2.05, 4.69) is 25.9 Å². The normalized spacial score (nSPS) is 15.4. The molecule has 2 atom stereocenters. The van der Waals surface area contributed by atoms with E-state index in [1.807, 2.05) is 11.9 Å². The lowest BCUT2D eigenvalue weighted by atomic mass is 10.1. The second kappa shape index (κ2) is 9.89. The van der Waals surface area contributed by atoms with Gasteiger partial charge in [-0.2, -0.15) is 4.98 Å². The number of aliphatic carboxylic acids is 2. The monoisotopic (exact) mass is 459 g/mol. The number of nitrogens with zero attached hydrogens (tertiary/aromatic N) is 2. The lowest BCUT2D eigenvalue weighted by Crippen LogP contribution is -2.44. The Morgan fingerprint density at radius 1 is 1.27 bits per heavy atom. The predicted molar refractivity (Wildman–Crippen MR) is 121 cm³/mol. The summed E-state index contributed by atoms with van der Waals surface area (Å²) in [5.74, 6) is -2.62. The lowest BCUT2D eigenvalue weighted by Gasteiger charge is -2.31. The van der Waals surface area contributed by atoms with E-state index >= 15 is 0 Å². The summed E-state index contributed by atoms with van der Waals surface area (Å²) in [5.41, 5.74) is 6.54.